The molecule has 0 aliphatic rings. The van der Waals surface area contributed by atoms with Crippen LogP contribution in [0.1, 0.15) is 30.5 Å². The van der Waals surface area contributed by atoms with E-state index in [9.17, 15) is 4.79 Å². The van der Waals surface area contributed by atoms with Crippen LogP contribution in [0.5, 0.6) is 0 Å². The number of rotatable bonds is 5. The molecule has 0 aliphatic heterocycles. The van der Waals surface area contributed by atoms with Gasteiger partial charge in [-0.15, -0.1) is 0 Å². The number of halogens is 1. The molecule has 1 atom stereocenters. The predicted octanol–water partition coefficient (Wildman–Crippen LogP) is 3.65. The van der Waals surface area contributed by atoms with Crippen molar-refractivity contribution in [2.75, 3.05) is 0 Å². The smallest absolute Gasteiger partial charge is 0.220 e. The Morgan fingerprint density at radius 3 is 2.90 bits per heavy atom. The number of aryl methyl sites for hydroxylation is 1. The molecule has 0 radical (unpaired) electrons. The highest BCUT2D eigenvalue weighted by Crippen LogP contribution is 2.17. The molecule has 0 aliphatic carbocycles. The standard InChI is InChI=1S/C16H17BrN2O/c1-12(14-5-2-6-15(17)10-14)19-16(20)8-7-13-4-3-9-18-11-13/h2-6,9-12H,7-8H2,1H3,(H,19,20). The predicted molar refractivity (Wildman–Crippen MR) is 83.3 cm³/mol. The summed E-state index contributed by atoms with van der Waals surface area (Å²) in [6.07, 6.45) is 4.72. The van der Waals surface area contributed by atoms with Crippen LogP contribution in [-0.2, 0) is 11.2 Å². The number of carbonyl (C=O) groups excluding carboxylic acids is 1. The van der Waals surface area contributed by atoms with E-state index >= 15 is 0 Å². The zero-order valence-electron chi connectivity index (χ0n) is 11.3. The van der Waals surface area contributed by atoms with E-state index < -0.39 is 0 Å². The van der Waals surface area contributed by atoms with Crippen LogP contribution in [0.4, 0.5) is 0 Å². The highest BCUT2D eigenvalue weighted by Gasteiger charge is 2.09. The van der Waals surface area contributed by atoms with Crippen molar-refractivity contribution in [2.24, 2.45) is 0 Å². The normalized spacial score (nSPS) is 11.9. The highest BCUT2D eigenvalue weighted by atomic mass is 79.9. The minimum absolute atomic E-state index is 0.00824. The maximum Gasteiger partial charge on any atom is 0.220 e. The van der Waals surface area contributed by atoms with E-state index in [1.54, 1.807) is 12.4 Å². The van der Waals surface area contributed by atoms with Crippen LogP contribution in [0.3, 0.4) is 0 Å². The van der Waals surface area contributed by atoms with Gasteiger partial charge in [0.2, 0.25) is 5.91 Å². The van der Waals surface area contributed by atoms with Crippen LogP contribution in [0.15, 0.2) is 53.3 Å². The monoisotopic (exact) mass is 332 g/mol. The fraction of sp³-hybridized carbons (Fsp3) is 0.250. The van der Waals surface area contributed by atoms with Crippen molar-refractivity contribution in [3.8, 4) is 0 Å². The van der Waals surface area contributed by atoms with Crippen molar-refractivity contribution < 1.29 is 4.79 Å². The minimum atomic E-state index is 0.00824. The Morgan fingerprint density at radius 1 is 1.35 bits per heavy atom. The molecular formula is C16H17BrN2O. The number of pyridine rings is 1. The van der Waals surface area contributed by atoms with Crippen LogP contribution in [0.25, 0.3) is 0 Å². The first-order valence-corrected chi connectivity index (χ1v) is 7.38. The number of hydrogen-bond donors (Lipinski definition) is 1. The van der Waals surface area contributed by atoms with Gasteiger partial charge in [0, 0.05) is 23.3 Å². The van der Waals surface area contributed by atoms with Crippen LogP contribution in [0.2, 0.25) is 0 Å². The minimum Gasteiger partial charge on any atom is -0.350 e. The number of benzene rings is 1. The van der Waals surface area contributed by atoms with Crippen molar-refractivity contribution in [3.63, 3.8) is 0 Å². The first-order chi connectivity index (χ1) is 9.65. The summed E-state index contributed by atoms with van der Waals surface area (Å²) in [5.41, 5.74) is 2.17. The Morgan fingerprint density at radius 2 is 2.20 bits per heavy atom. The van der Waals surface area contributed by atoms with Crippen LogP contribution >= 0.6 is 15.9 Å². The van der Waals surface area contributed by atoms with E-state index in [1.165, 1.54) is 0 Å². The molecule has 1 aromatic carbocycles. The van der Waals surface area contributed by atoms with Crippen molar-refractivity contribution in [2.45, 2.75) is 25.8 Å². The summed E-state index contributed by atoms with van der Waals surface area (Å²) in [4.78, 5) is 16.0. The number of amides is 1. The first kappa shape index (κ1) is 14.7. The fourth-order valence-corrected chi connectivity index (χ4v) is 2.39. The molecule has 0 saturated heterocycles. The van der Waals surface area contributed by atoms with Crippen LogP contribution in [-0.4, -0.2) is 10.9 Å². The number of hydrogen-bond acceptors (Lipinski definition) is 2. The van der Waals surface area contributed by atoms with E-state index in [-0.39, 0.29) is 11.9 Å². The summed E-state index contributed by atoms with van der Waals surface area (Å²) in [6, 6.07) is 11.9. The molecule has 104 valence electrons. The van der Waals surface area contributed by atoms with E-state index in [0.29, 0.717) is 12.8 Å². The van der Waals surface area contributed by atoms with Crippen molar-refractivity contribution in [3.05, 3.63) is 64.4 Å². The summed E-state index contributed by atoms with van der Waals surface area (Å²) in [7, 11) is 0. The quantitative estimate of drug-likeness (QED) is 0.907. The largest absolute Gasteiger partial charge is 0.350 e. The maximum absolute atomic E-state index is 11.9. The Hall–Kier alpha value is -1.68. The molecule has 0 saturated carbocycles. The zero-order chi connectivity index (χ0) is 14.4. The molecule has 2 aromatic rings. The molecule has 1 amide bonds. The van der Waals surface area contributed by atoms with E-state index in [4.69, 9.17) is 0 Å². The summed E-state index contributed by atoms with van der Waals surface area (Å²) in [6.45, 7) is 1.99. The molecule has 1 aromatic heterocycles. The Labute approximate surface area is 127 Å². The summed E-state index contributed by atoms with van der Waals surface area (Å²) < 4.78 is 1.02. The third-order valence-corrected chi connectivity index (χ3v) is 3.58. The summed E-state index contributed by atoms with van der Waals surface area (Å²) in [5, 5.41) is 3.01. The lowest BCUT2D eigenvalue weighted by atomic mass is 10.1. The van der Waals surface area contributed by atoms with Crippen molar-refractivity contribution >= 4 is 21.8 Å². The SMILES string of the molecule is CC(NC(=O)CCc1cccnc1)c1cccc(Br)c1. The molecule has 3 nitrogen and oxygen atoms in total. The second-order valence-corrected chi connectivity index (χ2v) is 5.62. The van der Waals surface area contributed by atoms with Gasteiger partial charge in [-0.3, -0.25) is 9.78 Å². The number of nitrogens with zero attached hydrogens (tertiary/aromatic N) is 1. The second-order valence-electron chi connectivity index (χ2n) is 4.71. The zero-order valence-corrected chi connectivity index (χ0v) is 12.9. The lowest BCUT2D eigenvalue weighted by Gasteiger charge is -2.14. The van der Waals surface area contributed by atoms with E-state index in [0.717, 1.165) is 15.6 Å². The van der Waals surface area contributed by atoms with Gasteiger partial charge in [-0.1, -0.05) is 34.1 Å². The van der Waals surface area contributed by atoms with Crippen LogP contribution < -0.4 is 5.32 Å². The van der Waals surface area contributed by atoms with Crippen LogP contribution in [0, 0.1) is 0 Å². The topological polar surface area (TPSA) is 42.0 Å². The molecule has 2 rings (SSSR count). The van der Waals surface area contributed by atoms with E-state index in [2.05, 4.69) is 26.2 Å². The molecule has 0 spiro atoms. The van der Waals surface area contributed by atoms with Gasteiger partial charge < -0.3 is 5.32 Å². The van der Waals surface area contributed by atoms with E-state index in [1.807, 2.05) is 43.3 Å². The van der Waals surface area contributed by atoms with Gasteiger partial charge in [0.15, 0.2) is 0 Å². The van der Waals surface area contributed by atoms with Gasteiger partial charge in [0.05, 0.1) is 6.04 Å². The number of aromatic nitrogens is 1. The highest BCUT2D eigenvalue weighted by molar-refractivity contribution is 9.10. The van der Waals surface area contributed by atoms with Gasteiger partial charge in [0.1, 0.15) is 0 Å². The van der Waals surface area contributed by atoms with Gasteiger partial charge in [-0.2, -0.15) is 0 Å². The lowest BCUT2D eigenvalue weighted by molar-refractivity contribution is -0.121. The second kappa shape index (κ2) is 7.20. The summed E-state index contributed by atoms with van der Waals surface area (Å²) in [5.74, 6) is 0.0568. The molecular weight excluding hydrogens is 316 g/mol. The maximum atomic E-state index is 11.9. The molecule has 0 fully saturated rings. The molecule has 1 unspecified atom stereocenters. The fourth-order valence-electron chi connectivity index (χ4n) is 1.98. The molecule has 0 bridgehead atoms. The molecule has 1 N–H and O–H groups in total. The average Bonchev–Trinajstić information content (AvgIpc) is 2.46. The molecule has 1 heterocycles. The Balaban J connectivity index is 1.85. The third kappa shape index (κ3) is 4.46. The van der Waals surface area contributed by atoms with Crippen molar-refractivity contribution in [1.82, 2.24) is 10.3 Å². The van der Waals surface area contributed by atoms with Gasteiger partial charge in [-0.05, 0) is 42.7 Å². The van der Waals surface area contributed by atoms with Gasteiger partial charge in [-0.25, -0.2) is 0 Å². The summed E-state index contributed by atoms with van der Waals surface area (Å²) >= 11 is 3.44. The Bertz CT molecular complexity index is 572. The van der Waals surface area contributed by atoms with Crippen molar-refractivity contribution in [1.29, 1.82) is 0 Å². The number of nitrogens with one attached hydrogen (secondary N) is 1. The first-order valence-electron chi connectivity index (χ1n) is 6.59. The number of carbonyl (C=O) groups is 1. The molecule has 4 heteroatoms. The van der Waals surface area contributed by atoms with Gasteiger partial charge >= 0.3 is 0 Å². The lowest BCUT2D eigenvalue weighted by Crippen LogP contribution is -2.26. The van der Waals surface area contributed by atoms with Gasteiger partial charge in [0.25, 0.3) is 0 Å². The Kier molecular flexibility index (Phi) is 5.30. The molecule has 20 heavy (non-hydrogen) atoms. The third-order valence-electron chi connectivity index (χ3n) is 3.09. The average molecular weight is 333 g/mol.